The number of allylic oxidation sites excluding steroid dienone is 1. The van der Waals surface area contributed by atoms with Crippen LogP contribution in [0.2, 0.25) is 0 Å². The van der Waals surface area contributed by atoms with Gasteiger partial charge in [-0.3, -0.25) is 4.79 Å². The van der Waals surface area contributed by atoms with E-state index in [-0.39, 0.29) is 57.2 Å². The van der Waals surface area contributed by atoms with Crippen molar-refractivity contribution in [2.24, 2.45) is 22.9 Å². The van der Waals surface area contributed by atoms with E-state index in [0.717, 1.165) is 48.7 Å². The molecule has 1 heterocycles. The highest BCUT2D eigenvalue weighted by atomic mass is 16.7. The Morgan fingerprint density at radius 1 is 0.966 bits per heavy atom. The minimum atomic E-state index is -1.41. The fraction of sp³-hybridized carbons (Fsp3) is 0.426. The number of fused-ring (bicyclic) bond motifs is 2. The van der Waals surface area contributed by atoms with Gasteiger partial charge in [-0.15, -0.1) is 13.2 Å². The summed E-state index contributed by atoms with van der Waals surface area (Å²) >= 11 is 0. The van der Waals surface area contributed by atoms with Gasteiger partial charge in [-0.05, 0) is 85.4 Å². The van der Waals surface area contributed by atoms with E-state index in [4.69, 9.17) is 28.9 Å². The molecular formula is C47H56N2O9. The lowest BCUT2D eigenvalue weighted by Gasteiger charge is -2.59. The van der Waals surface area contributed by atoms with Gasteiger partial charge in [-0.25, -0.2) is 4.79 Å². The Kier molecular flexibility index (Phi) is 14.9. The molecule has 58 heavy (non-hydrogen) atoms. The standard InChI is InChI=1S/C47H56N2O9/c1-4-6-26-54-46(53)49(3)43-30-41(48-56-32-33-15-8-7-9-16-33)39-28-35(18-10-12-23-50)38(20-11-13-24-51)44-40-29-37(57-36-19-14-17-34(27-36)31-52)21-22-42(40)58-47(43,45(39)44)55-25-5-2/h4-5,7-9,14-17,19,21-22,27-29,31,35,38,43-45,50-51H,1-2,6,10-13,18,20,23-26,30,32H2,3H3/t35-,38+,43-,44+,45+,47+/m0/s1. The number of likely N-dealkylation sites (N-methyl/N-ethyl adjacent to an activating group) is 1. The van der Waals surface area contributed by atoms with E-state index in [1.807, 2.05) is 48.5 Å². The molecule has 2 aliphatic carbocycles. The van der Waals surface area contributed by atoms with Crippen molar-refractivity contribution in [1.29, 1.82) is 0 Å². The molecule has 0 saturated heterocycles. The zero-order valence-corrected chi connectivity index (χ0v) is 33.4. The molecular weight excluding hydrogens is 737 g/mol. The van der Waals surface area contributed by atoms with Crippen LogP contribution in [-0.4, -0.2) is 78.5 Å². The Morgan fingerprint density at radius 3 is 2.48 bits per heavy atom. The fourth-order valence-corrected chi connectivity index (χ4v) is 8.80. The van der Waals surface area contributed by atoms with Gasteiger partial charge in [0.15, 0.2) is 0 Å². The number of aldehydes is 1. The summed E-state index contributed by atoms with van der Waals surface area (Å²) in [5, 5.41) is 24.6. The van der Waals surface area contributed by atoms with Crippen molar-refractivity contribution in [3.63, 3.8) is 0 Å². The molecule has 3 aliphatic rings. The second kappa shape index (κ2) is 20.5. The van der Waals surface area contributed by atoms with Crippen LogP contribution in [0.4, 0.5) is 4.79 Å². The lowest BCUT2D eigenvalue weighted by Crippen LogP contribution is -2.69. The van der Waals surface area contributed by atoms with Gasteiger partial charge in [0.25, 0.3) is 0 Å². The fourth-order valence-electron chi connectivity index (χ4n) is 8.80. The minimum absolute atomic E-state index is 0.0390. The molecule has 1 aliphatic heterocycles. The molecule has 3 aromatic carbocycles. The number of hydrogen-bond donors (Lipinski definition) is 2. The van der Waals surface area contributed by atoms with Crippen LogP contribution >= 0.6 is 0 Å². The Bertz CT molecular complexity index is 1930. The van der Waals surface area contributed by atoms with Gasteiger partial charge in [0.05, 0.1) is 24.8 Å². The summed E-state index contributed by atoms with van der Waals surface area (Å²) in [5.74, 6) is -0.327. The van der Waals surface area contributed by atoms with E-state index < -0.39 is 23.8 Å². The number of amides is 1. The van der Waals surface area contributed by atoms with Crippen LogP contribution in [0.25, 0.3) is 0 Å². The van der Waals surface area contributed by atoms with E-state index >= 15 is 0 Å². The number of benzene rings is 3. The molecule has 0 bridgehead atoms. The van der Waals surface area contributed by atoms with Crippen molar-refractivity contribution >= 4 is 18.1 Å². The van der Waals surface area contributed by atoms with Crippen LogP contribution in [-0.2, 0) is 20.9 Å². The molecule has 0 aromatic heterocycles. The number of carbonyl (C=O) groups is 2. The highest BCUT2D eigenvalue weighted by Crippen LogP contribution is 2.62. The summed E-state index contributed by atoms with van der Waals surface area (Å²) in [6, 6.07) is 21.9. The molecule has 308 valence electrons. The quantitative estimate of drug-likeness (QED) is 0.0470. The number of aliphatic hydroxyl groups is 2. The van der Waals surface area contributed by atoms with Crippen molar-refractivity contribution in [1.82, 2.24) is 4.90 Å². The van der Waals surface area contributed by atoms with Gasteiger partial charge in [0, 0.05) is 43.7 Å². The van der Waals surface area contributed by atoms with Crippen molar-refractivity contribution in [3.05, 3.63) is 126 Å². The minimum Gasteiger partial charge on any atom is -0.459 e. The molecule has 1 saturated carbocycles. The van der Waals surface area contributed by atoms with Crippen molar-refractivity contribution in [2.45, 2.75) is 75.7 Å². The van der Waals surface area contributed by atoms with Crippen molar-refractivity contribution < 1.29 is 43.6 Å². The summed E-state index contributed by atoms with van der Waals surface area (Å²) in [7, 11) is 1.70. The Hall–Kier alpha value is -5.23. The molecule has 0 radical (unpaired) electrons. The zero-order chi connectivity index (χ0) is 40.9. The topological polar surface area (TPSA) is 136 Å². The number of nitrogens with zero attached hydrogens (tertiary/aromatic N) is 2. The predicted octanol–water partition coefficient (Wildman–Crippen LogP) is 8.77. The highest BCUT2D eigenvalue weighted by Gasteiger charge is 2.65. The number of unbranched alkanes of at least 4 members (excludes halogenated alkanes) is 2. The highest BCUT2D eigenvalue weighted by molar-refractivity contribution is 6.03. The molecule has 3 aromatic rings. The maximum atomic E-state index is 13.9. The third-order valence-electron chi connectivity index (χ3n) is 11.4. The number of aliphatic hydroxyl groups excluding tert-OH is 2. The van der Waals surface area contributed by atoms with Crippen LogP contribution in [0.3, 0.4) is 0 Å². The van der Waals surface area contributed by atoms with E-state index in [9.17, 15) is 19.8 Å². The lowest BCUT2D eigenvalue weighted by molar-refractivity contribution is -0.253. The zero-order valence-electron chi connectivity index (χ0n) is 33.4. The van der Waals surface area contributed by atoms with Gasteiger partial charge in [-0.1, -0.05) is 78.7 Å². The van der Waals surface area contributed by atoms with Crippen molar-refractivity contribution in [2.75, 3.05) is 33.5 Å². The summed E-state index contributed by atoms with van der Waals surface area (Å²) in [6.07, 6.45) is 11.2. The first-order valence-corrected chi connectivity index (χ1v) is 20.3. The molecule has 6 atom stereocenters. The molecule has 2 N–H and O–H groups in total. The van der Waals surface area contributed by atoms with E-state index in [1.54, 1.807) is 48.4 Å². The molecule has 1 fully saturated rings. The normalized spacial score (nSPS) is 23.7. The van der Waals surface area contributed by atoms with E-state index in [2.05, 4.69) is 19.2 Å². The van der Waals surface area contributed by atoms with Gasteiger partial charge >= 0.3 is 6.09 Å². The van der Waals surface area contributed by atoms with Crippen molar-refractivity contribution in [3.8, 4) is 17.2 Å². The van der Waals surface area contributed by atoms with Crippen LogP contribution in [0.5, 0.6) is 17.2 Å². The Balaban J connectivity index is 1.54. The molecule has 1 amide bonds. The number of oxime groups is 1. The molecule has 11 nitrogen and oxygen atoms in total. The summed E-state index contributed by atoms with van der Waals surface area (Å²) in [6.45, 7) is 8.49. The second-order valence-corrected chi connectivity index (χ2v) is 15.1. The Morgan fingerprint density at radius 2 is 1.74 bits per heavy atom. The molecule has 0 spiro atoms. The lowest BCUT2D eigenvalue weighted by atomic mass is 9.55. The Labute approximate surface area is 341 Å². The predicted molar refractivity (Wildman–Crippen MR) is 222 cm³/mol. The first-order valence-electron chi connectivity index (χ1n) is 20.3. The first-order chi connectivity index (χ1) is 28.4. The SMILES string of the molecule is C=CCCOC(=O)N(C)[C@H]1CC(=NOCc2ccccc2)C2=C[C@H](CCCCO)[C@@H](CCCCO)[C@@H]3c4cc(Oc5cccc(C=O)c5)ccc4O[C@@]1(OCC=C)[C@H]23. The van der Waals surface area contributed by atoms with Gasteiger partial charge in [0.2, 0.25) is 5.79 Å². The average molecular weight is 793 g/mol. The molecule has 6 rings (SSSR count). The van der Waals surface area contributed by atoms with Crippen LogP contribution < -0.4 is 9.47 Å². The summed E-state index contributed by atoms with van der Waals surface area (Å²) < 4.78 is 26.2. The summed E-state index contributed by atoms with van der Waals surface area (Å²) in [5.41, 5.74) is 4.00. The third-order valence-corrected chi connectivity index (χ3v) is 11.4. The monoisotopic (exact) mass is 792 g/mol. The average Bonchev–Trinajstić information content (AvgIpc) is 3.24. The maximum Gasteiger partial charge on any atom is 0.409 e. The van der Waals surface area contributed by atoms with Gasteiger partial charge in [-0.2, -0.15) is 0 Å². The third kappa shape index (κ3) is 9.55. The maximum absolute atomic E-state index is 13.9. The molecule has 0 unspecified atom stereocenters. The largest absolute Gasteiger partial charge is 0.459 e. The van der Waals surface area contributed by atoms with E-state index in [0.29, 0.717) is 47.8 Å². The van der Waals surface area contributed by atoms with Gasteiger partial charge < -0.3 is 38.9 Å². The molecule has 11 heteroatoms. The van der Waals surface area contributed by atoms with Gasteiger partial charge in [0.1, 0.15) is 36.2 Å². The number of carbonyl (C=O) groups excluding carboxylic acids is 2. The number of ether oxygens (including phenoxy) is 4. The van der Waals surface area contributed by atoms with E-state index in [1.165, 1.54) is 0 Å². The number of hydrogen-bond acceptors (Lipinski definition) is 10. The van der Waals surface area contributed by atoms with Crippen LogP contribution in [0.15, 0.2) is 115 Å². The first kappa shape index (κ1) is 42.4. The van der Waals surface area contributed by atoms with Crippen LogP contribution in [0.1, 0.15) is 78.8 Å². The number of rotatable bonds is 21. The van der Waals surface area contributed by atoms with Crippen LogP contribution in [0, 0.1) is 17.8 Å². The smallest absolute Gasteiger partial charge is 0.409 e. The second-order valence-electron chi connectivity index (χ2n) is 15.1. The summed E-state index contributed by atoms with van der Waals surface area (Å²) in [4.78, 5) is 33.2.